The van der Waals surface area contributed by atoms with Crippen LogP contribution in [0.25, 0.3) is 11.1 Å². The van der Waals surface area contributed by atoms with Crippen molar-refractivity contribution in [3.05, 3.63) is 63.9 Å². The summed E-state index contributed by atoms with van der Waals surface area (Å²) in [5, 5.41) is 9.11. The normalized spacial score (nSPS) is 14.9. The van der Waals surface area contributed by atoms with E-state index in [9.17, 15) is 14.4 Å². The number of fused-ring (bicyclic) bond motifs is 3. The Balaban J connectivity index is 1.86. The van der Waals surface area contributed by atoms with Crippen molar-refractivity contribution in [3.63, 3.8) is 0 Å². The second-order valence-corrected chi connectivity index (χ2v) is 10.7. The monoisotopic (exact) mass is 604 g/mol. The Kier molecular flexibility index (Phi) is 10.3. The van der Waals surface area contributed by atoms with Crippen LogP contribution in [-0.2, 0) is 16.0 Å². The molecule has 1 aliphatic rings. The summed E-state index contributed by atoms with van der Waals surface area (Å²) in [5.41, 5.74) is 3.33. The highest BCUT2D eigenvalue weighted by molar-refractivity contribution is 5.97. The summed E-state index contributed by atoms with van der Waals surface area (Å²) in [7, 11) is 6.13. The third-order valence-corrected chi connectivity index (χ3v) is 7.94. The van der Waals surface area contributed by atoms with E-state index in [2.05, 4.69) is 20.9 Å². The summed E-state index contributed by atoms with van der Waals surface area (Å²) in [4.78, 5) is 43.8. The van der Waals surface area contributed by atoms with Gasteiger partial charge in [0.1, 0.15) is 11.7 Å². The molecule has 11 heteroatoms. The Morgan fingerprint density at radius 3 is 2.39 bits per heavy atom. The summed E-state index contributed by atoms with van der Waals surface area (Å²) >= 11 is 0. The minimum atomic E-state index is -0.753. The Labute approximate surface area is 257 Å². The smallest absolute Gasteiger partial charge is 0.247 e. The summed E-state index contributed by atoms with van der Waals surface area (Å²) in [6.07, 6.45) is 3.37. The molecule has 3 N–H and O–H groups in total. The average molecular weight is 605 g/mol. The van der Waals surface area contributed by atoms with E-state index in [0.29, 0.717) is 53.3 Å². The number of aromatic nitrogens is 1. The van der Waals surface area contributed by atoms with E-state index in [0.717, 1.165) is 11.1 Å². The van der Waals surface area contributed by atoms with Gasteiger partial charge in [0.2, 0.25) is 28.9 Å². The summed E-state index contributed by atoms with van der Waals surface area (Å²) in [6.45, 7) is 5.37. The number of carbonyl (C=O) groups excluding carboxylic acids is 2. The molecule has 234 valence electrons. The number of nitrogens with zero attached hydrogens (tertiary/aromatic N) is 1. The molecule has 0 spiro atoms. The van der Waals surface area contributed by atoms with Gasteiger partial charge in [0.25, 0.3) is 0 Å². The predicted octanol–water partition coefficient (Wildman–Crippen LogP) is 4.73. The van der Waals surface area contributed by atoms with Crippen LogP contribution in [0, 0.1) is 5.92 Å². The van der Waals surface area contributed by atoms with Gasteiger partial charge in [-0.15, -0.1) is 0 Å². The fourth-order valence-electron chi connectivity index (χ4n) is 5.56. The number of nitrogens with one attached hydrogen (secondary N) is 3. The van der Waals surface area contributed by atoms with Crippen LogP contribution in [0.2, 0.25) is 0 Å². The van der Waals surface area contributed by atoms with Crippen molar-refractivity contribution in [1.82, 2.24) is 10.3 Å². The van der Waals surface area contributed by atoms with Crippen molar-refractivity contribution in [2.45, 2.75) is 52.1 Å². The van der Waals surface area contributed by atoms with Gasteiger partial charge in [0.15, 0.2) is 11.5 Å². The minimum absolute atomic E-state index is 0.134. The molecule has 2 aromatic carbocycles. The van der Waals surface area contributed by atoms with Gasteiger partial charge >= 0.3 is 0 Å². The molecule has 0 saturated carbocycles. The zero-order chi connectivity index (χ0) is 32.0. The quantitative estimate of drug-likeness (QED) is 0.284. The number of methoxy groups -OCH3 is 4. The van der Waals surface area contributed by atoms with Crippen molar-refractivity contribution in [1.29, 1.82) is 0 Å². The Morgan fingerprint density at radius 2 is 1.75 bits per heavy atom. The van der Waals surface area contributed by atoms with Gasteiger partial charge in [-0.3, -0.25) is 14.4 Å². The van der Waals surface area contributed by atoms with Gasteiger partial charge < -0.3 is 34.9 Å². The van der Waals surface area contributed by atoms with E-state index >= 15 is 0 Å². The maximum Gasteiger partial charge on any atom is 0.247 e. The van der Waals surface area contributed by atoms with Crippen molar-refractivity contribution in [2.24, 2.45) is 5.92 Å². The number of hydrogen-bond donors (Lipinski definition) is 3. The highest BCUT2D eigenvalue weighted by atomic mass is 16.5. The number of aryl methyl sites for hydroxylation is 1. The zero-order valence-electron chi connectivity index (χ0n) is 26.2. The second kappa shape index (κ2) is 14.1. The lowest BCUT2D eigenvalue weighted by Crippen LogP contribution is -2.40. The molecule has 0 fully saturated rings. The van der Waals surface area contributed by atoms with Crippen LogP contribution in [-0.4, -0.2) is 51.3 Å². The number of hydrogen-bond acceptors (Lipinski definition) is 9. The van der Waals surface area contributed by atoms with Gasteiger partial charge in [-0.1, -0.05) is 26.3 Å². The molecular weight excluding hydrogens is 564 g/mol. The number of rotatable bonds is 11. The first kappa shape index (κ1) is 32.1. The number of pyridine rings is 1. The summed E-state index contributed by atoms with van der Waals surface area (Å²) in [5.74, 6) is 0.995. The molecular formula is C33H40N4O7. The van der Waals surface area contributed by atoms with Crippen molar-refractivity contribution in [3.8, 4) is 34.3 Å². The molecule has 1 heterocycles. The maximum absolute atomic E-state index is 13.8. The van der Waals surface area contributed by atoms with Crippen LogP contribution >= 0.6 is 0 Å². The average Bonchev–Trinajstić information content (AvgIpc) is 3.26. The lowest BCUT2D eigenvalue weighted by molar-refractivity contribution is -0.120. The first-order valence-corrected chi connectivity index (χ1v) is 14.5. The third-order valence-electron chi connectivity index (χ3n) is 7.94. The molecule has 3 atom stereocenters. The molecule has 0 unspecified atom stereocenters. The fraction of sp³-hybridized carbons (Fsp3) is 0.394. The lowest BCUT2D eigenvalue weighted by atomic mass is 9.95. The minimum Gasteiger partial charge on any atom is -0.493 e. The van der Waals surface area contributed by atoms with E-state index in [4.69, 9.17) is 18.9 Å². The van der Waals surface area contributed by atoms with Crippen LogP contribution in [0.4, 0.5) is 11.4 Å². The first-order chi connectivity index (χ1) is 21.2. The SMILES string of the molecule is CC[C@H](C)[C@@H](Nc1ccc2c(cc1=O)[C@H](NC(C)=O)CCc1cc(OC)c(OC)c(OC)c1-2)C(=O)Nc1cccnc1OC. The number of amides is 2. The molecule has 0 saturated heterocycles. The van der Waals surface area contributed by atoms with Crippen LogP contribution in [0.3, 0.4) is 0 Å². The number of carbonyl (C=O) groups is 2. The molecule has 2 amide bonds. The van der Waals surface area contributed by atoms with Crippen LogP contribution < -0.4 is 40.3 Å². The topological polar surface area (TPSA) is 137 Å². The molecule has 44 heavy (non-hydrogen) atoms. The highest BCUT2D eigenvalue weighted by Crippen LogP contribution is 2.50. The number of ether oxygens (including phenoxy) is 4. The van der Waals surface area contributed by atoms with Gasteiger partial charge in [-0.2, -0.15) is 0 Å². The Hall–Kier alpha value is -4.80. The molecule has 1 aromatic heterocycles. The predicted molar refractivity (Wildman–Crippen MR) is 169 cm³/mol. The van der Waals surface area contributed by atoms with Gasteiger partial charge in [-0.25, -0.2) is 4.98 Å². The van der Waals surface area contributed by atoms with E-state index in [1.165, 1.54) is 27.2 Å². The molecule has 1 aliphatic carbocycles. The van der Waals surface area contributed by atoms with Gasteiger partial charge in [0, 0.05) is 18.7 Å². The molecule has 3 aromatic rings. The molecule has 4 rings (SSSR count). The van der Waals surface area contributed by atoms with E-state index in [1.54, 1.807) is 38.6 Å². The standard InChI is InChI=1S/C33H40N4O7/c1-8-18(2)29(32(40)37-25-10-9-15-34-33(25)44-7)36-24-14-12-21-22(17-26(24)39)23(35-19(3)38)13-11-20-16-27(41-4)30(42-5)31(43-6)28(20)21/h9-10,12,14-18,23,29H,8,11,13H2,1-7H3,(H,35,38)(H,36,39)(H,37,40)/t18-,23+,29+/m0/s1. The lowest BCUT2D eigenvalue weighted by Gasteiger charge is -2.24. The zero-order valence-corrected chi connectivity index (χ0v) is 26.2. The van der Waals surface area contributed by atoms with Crippen LogP contribution in [0.1, 0.15) is 50.8 Å². The van der Waals surface area contributed by atoms with Gasteiger partial charge in [0.05, 0.1) is 40.2 Å². The second-order valence-electron chi connectivity index (χ2n) is 10.7. The van der Waals surface area contributed by atoms with E-state index < -0.39 is 12.1 Å². The highest BCUT2D eigenvalue weighted by Gasteiger charge is 2.30. The Morgan fingerprint density at radius 1 is 1.00 bits per heavy atom. The fourth-order valence-corrected chi connectivity index (χ4v) is 5.56. The molecule has 0 aliphatic heterocycles. The molecule has 0 bridgehead atoms. The third kappa shape index (κ3) is 6.56. The molecule has 0 radical (unpaired) electrons. The maximum atomic E-state index is 13.8. The first-order valence-electron chi connectivity index (χ1n) is 14.5. The van der Waals surface area contributed by atoms with Crippen LogP contribution in [0.15, 0.2) is 47.4 Å². The van der Waals surface area contributed by atoms with Crippen molar-refractivity contribution < 1.29 is 28.5 Å². The molecule has 11 nitrogen and oxygen atoms in total. The van der Waals surface area contributed by atoms with Crippen LogP contribution in [0.5, 0.6) is 23.1 Å². The summed E-state index contributed by atoms with van der Waals surface area (Å²) in [6, 6.07) is 9.12. The largest absolute Gasteiger partial charge is 0.493 e. The number of anilines is 2. The summed E-state index contributed by atoms with van der Waals surface area (Å²) < 4.78 is 22.4. The van der Waals surface area contributed by atoms with Crippen molar-refractivity contribution in [2.75, 3.05) is 39.1 Å². The van der Waals surface area contributed by atoms with E-state index in [1.807, 2.05) is 26.0 Å². The van der Waals surface area contributed by atoms with Crippen molar-refractivity contribution >= 4 is 23.2 Å². The Bertz CT molecular complexity index is 1590. The van der Waals surface area contributed by atoms with Gasteiger partial charge in [-0.05, 0) is 65.8 Å². The van der Waals surface area contributed by atoms with E-state index in [-0.39, 0.29) is 34.7 Å². The number of benzene rings is 1.